The summed E-state index contributed by atoms with van der Waals surface area (Å²) in [5.41, 5.74) is 4.41. The van der Waals surface area contributed by atoms with E-state index >= 15 is 0 Å². The Labute approximate surface area is 131 Å². The molecule has 1 aliphatic heterocycles. The quantitative estimate of drug-likeness (QED) is 0.736. The minimum atomic E-state index is -0.162. The van der Waals surface area contributed by atoms with Crippen LogP contribution in [0, 0.1) is 12.7 Å². The zero-order valence-corrected chi connectivity index (χ0v) is 13.0. The first kappa shape index (κ1) is 13.7. The number of hydrogen-bond donors (Lipinski definition) is 1. The van der Waals surface area contributed by atoms with Crippen LogP contribution in [0.5, 0.6) is 0 Å². The molecule has 0 saturated carbocycles. The maximum absolute atomic E-state index is 13.9. The van der Waals surface area contributed by atoms with Crippen molar-refractivity contribution in [2.75, 3.05) is 6.54 Å². The van der Waals surface area contributed by atoms with E-state index in [9.17, 15) is 4.39 Å². The molecule has 0 amide bonds. The largest absolute Gasteiger partial charge is 0.261 e. The highest BCUT2D eigenvalue weighted by Crippen LogP contribution is 2.32. The van der Waals surface area contributed by atoms with Crippen molar-refractivity contribution in [3.05, 3.63) is 53.1 Å². The lowest BCUT2D eigenvalue weighted by Crippen LogP contribution is -2.25. The Morgan fingerprint density at radius 1 is 1.32 bits per heavy atom. The molecule has 3 heterocycles. The van der Waals surface area contributed by atoms with Crippen LogP contribution in [-0.4, -0.2) is 26.0 Å². The molecule has 3 aromatic rings. The molecule has 0 saturated heterocycles. The zero-order valence-electron chi connectivity index (χ0n) is 12.1. The number of benzene rings is 1. The molecule has 1 aliphatic rings. The van der Waals surface area contributed by atoms with Gasteiger partial charge in [-0.2, -0.15) is 5.10 Å². The van der Waals surface area contributed by atoms with Crippen LogP contribution in [0.2, 0.25) is 0 Å². The lowest BCUT2D eigenvalue weighted by atomic mass is 10.0. The Kier molecular flexibility index (Phi) is 3.35. The number of fused-ring (bicyclic) bond motifs is 3. The van der Waals surface area contributed by atoms with Crippen molar-refractivity contribution in [3.8, 4) is 0 Å². The van der Waals surface area contributed by atoms with Gasteiger partial charge in [0, 0.05) is 24.7 Å². The topological polar surface area (TPSA) is 44.8 Å². The minimum Gasteiger partial charge on any atom is -0.261 e. The van der Waals surface area contributed by atoms with Crippen molar-refractivity contribution < 1.29 is 4.39 Å². The molecule has 6 heteroatoms. The van der Waals surface area contributed by atoms with Crippen LogP contribution in [0.1, 0.15) is 16.7 Å². The van der Waals surface area contributed by atoms with Gasteiger partial charge in [0.1, 0.15) is 5.82 Å². The van der Waals surface area contributed by atoms with Gasteiger partial charge in [0.05, 0.1) is 11.1 Å². The van der Waals surface area contributed by atoms with Crippen molar-refractivity contribution in [3.63, 3.8) is 0 Å². The molecule has 0 bridgehead atoms. The Hall–Kier alpha value is -1.92. The molecule has 1 aromatic carbocycles. The van der Waals surface area contributed by atoms with Crippen LogP contribution in [-0.2, 0) is 13.0 Å². The third-order valence-electron chi connectivity index (χ3n) is 3.95. The lowest BCUT2D eigenvalue weighted by Gasteiger charge is -2.27. The number of hydrogen-bond acceptors (Lipinski definition) is 4. The normalized spacial score (nSPS) is 15.2. The van der Waals surface area contributed by atoms with Gasteiger partial charge in [-0.25, -0.2) is 13.7 Å². The van der Waals surface area contributed by atoms with Gasteiger partial charge < -0.3 is 0 Å². The molecule has 0 unspecified atom stereocenters. The average Bonchev–Trinajstić information content (AvgIpc) is 2.99. The molecule has 0 aliphatic carbocycles. The van der Waals surface area contributed by atoms with Gasteiger partial charge in [-0.05, 0) is 54.1 Å². The van der Waals surface area contributed by atoms with Gasteiger partial charge in [0.25, 0.3) is 0 Å². The summed E-state index contributed by atoms with van der Waals surface area (Å²) in [5.74, 6) is -0.162. The van der Waals surface area contributed by atoms with Crippen LogP contribution >= 0.6 is 11.9 Å². The second-order valence-electron chi connectivity index (χ2n) is 5.53. The molecule has 0 radical (unpaired) electrons. The molecule has 1 N–H and O–H groups in total. The highest BCUT2D eigenvalue weighted by atomic mass is 32.2. The lowest BCUT2D eigenvalue weighted by molar-refractivity contribution is 0.443. The molecule has 0 atom stereocenters. The van der Waals surface area contributed by atoms with Gasteiger partial charge in [-0.15, -0.1) is 0 Å². The number of aryl methyl sites for hydroxylation is 1. The second-order valence-corrected chi connectivity index (χ2v) is 6.67. The third kappa shape index (κ3) is 2.38. The number of nitrogens with zero attached hydrogens (tertiary/aromatic N) is 3. The zero-order chi connectivity index (χ0) is 15.1. The van der Waals surface area contributed by atoms with Gasteiger partial charge in [-0.3, -0.25) is 5.10 Å². The van der Waals surface area contributed by atoms with Crippen LogP contribution < -0.4 is 0 Å². The first-order valence-electron chi connectivity index (χ1n) is 7.19. The van der Waals surface area contributed by atoms with E-state index in [-0.39, 0.29) is 5.82 Å². The van der Waals surface area contributed by atoms with Crippen LogP contribution in [0.25, 0.3) is 11.0 Å². The van der Waals surface area contributed by atoms with Gasteiger partial charge in [0.15, 0.2) is 5.65 Å². The molecule has 112 valence electrons. The summed E-state index contributed by atoms with van der Waals surface area (Å²) in [6, 6.07) is 5.23. The highest BCUT2D eigenvalue weighted by Gasteiger charge is 2.21. The van der Waals surface area contributed by atoms with E-state index in [2.05, 4.69) is 19.5 Å². The maximum Gasteiger partial charge on any atom is 0.155 e. The van der Waals surface area contributed by atoms with Crippen molar-refractivity contribution in [1.82, 2.24) is 19.5 Å². The SMILES string of the molecule is Cc1ccc(F)c(SN2CCc3c(cnc4[nH]ncc34)C2)c1. The summed E-state index contributed by atoms with van der Waals surface area (Å²) in [7, 11) is 0. The third-order valence-corrected chi connectivity index (χ3v) is 5.03. The van der Waals surface area contributed by atoms with Crippen molar-refractivity contribution in [1.29, 1.82) is 0 Å². The first-order valence-corrected chi connectivity index (χ1v) is 7.97. The summed E-state index contributed by atoms with van der Waals surface area (Å²) in [6.07, 6.45) is 4.66. The van der Waals surface area contributed by atoms with E-state index < -0.39 is 0 Å². The molecule has 22 heavy (non-hydrogen) atoms. The van der Waals surface area contributed by atoms with Crippen LogP contribution in [0.4, 0.5) is 4.39 Å². The summed E-state index contributed by atoms with van der Waals surface area (Å²) < 4.78 is 16.1. The molecular formula is C16H15FN4S. The monoisotopic (exact) mass is 314 g/mol. The van der Waals surface area contributed by atoms with Crippen molar-refractivity contribution in [2.45, 2.75) is 24.8 Å². The summed E-state index contributed by atoms with van der Waals surface area (Å²) in [5, 5.41) is 8.07. The molecule has 0 fully saturated rings. The van der Waals surface area contributed by atoms with E-state index in [1.807, 2.05) is 25.4 Å². The molecular weight excluding hydrogens is 299 g/mol. The average molecular weight is 314 g/mol. The molecule has 2 aromatic heterocycles. The smallest absolute Gasteiger partial charge is 0.155 e. The summed E-state index contributed by atoms with van der Waals surface area (Å²) in [6.45, 7) is 3.63. The van der Waals surface area contributed by atoms with Crippen LogP contribution in [0.3, 0.4) is 0 Å². The fraction of sp³-hybridized carbons (Fsp3) is 0.250. The number of H-pyrrole nitrogens is 1. The van der Waals surface area contributed by atoms with Gasteiger partial charge in [0.2, 0.25) is 0 Å². The highest BCUT2D eigenvalue weighted by molar-refractivity contribution is 7.97. The van der Waals surface area contributed by atoms with E-state index in [1.54, 1.807) is 6.07 Å². The van der Waals surface area contributed by atoms with Crippen LogP contribution in [0.15, 0.2) is 35.5 Å². The predicted molar refractivity (Wildman–Crippen MR) is 85.0 cm³/mol. The maximum atomic E-state index is 13.9. The second kappa shape index (κ2) is 5.37. The Morgan fingerprint density at radius 3 is 3.14 bits per heavy atom. The van der Waals surface area contributed by atoms with Gasteiger partial charge in [-0.1, -0.05) is 6.07 Å². The van der Waals surface area contributed by atoms with E-state index in [4.69, 9.17) is 0 Å². The Balaban J connectivity index is 1.60. The van der Waals surface area contributed by atoms with E-state index in [0.717, 1.165) is 36.1 Å². The summed E-state index contributed by atoms with van der Waals surface area (Å²) >= 11 is 1.48. The standard InChI is InChI=1S/C16H15FN4S/c1-10-2-3-14(17)15(6-10)22-21-5-4-12-11(9-21)7-18-16-13(12)8-19-20-16/h2-3,6-8H,4-5,9H2,1H3,(H,18,19,20). The molecule has 4 rings (SSSR count). The van der Waals surface area contributed by atoms with E-state index in [0.29, 0.717) is 4.90 Å². The predicted octanol–water partition coefficient (Wildman–Crippen LogP) is 3.47. The number of aromatic nitrogens is 3. The number of halogens is 1. The Bertz CT molecular complexity index is 845. The molecule has 4 nitrogen and oxygen atoms in total. The fourth-order valence-electron chi connectivity index (χ4n) is 2.83. The number of aromatic amines is 1. The Morgan fingerprint density at radius 2 is 2.23 bits per heavy atom. The number of nitrogens with one attached hydrogen (secondary N) is 1. The minimum absolute atomic E-state index is 0.162. The van der Waals surface area contributed by atoms with Crippen molar-refractivity contribution >= 4 is 23.0 Å². The number of rotatable bonds is 2. The van der Waals surface area contributed by atoms with Gasteiger partial charge >= 0.3 is 0 Å². The molecule has 0 spiro atoms. The van der Waals surface area contributed by atoms with Crippen molar-refractivity contribution in [2.24, 2.45) is 0 Å². The van der Waals surface area contributed by atoms with E-state index in [1.165, 1.54) is 29.1 Å². The fourth-order valence-corrected chi connectivity index (χ4v) is 3.88. The summed E-state index contributed by atoms with van der Waals surface area (Å²) in [4.78, 5) is 5.08. The first-order chi connectivity index (χ1) is 10.7. The number of pyridine rings is 1.